The van der Waals surface area contributed by atoms with Crippen LogP contribution in [-0.2, 0) is 0 Å². The maximum Gasteiger partial charge on any atom is 0.124 e. The predicted molar refractivity (Wildman–Crippen MR) is 40.6 cm³/mol. The zero-order chi connectivity index (χ0) is 6.97. The number of rotatable bonds is 0. The number of halogens is 1. The summed E-state index contributed by atoms with van der Waals surface area (Å²) in [5.41, 5.74) is 0. The van der Waals surface area contributed by atoms with Gasteiger partial charge >= 0.3 is 0 Å². The van der Waals surface area contributed by atoms with Gasteiger partial charge < -0.3 is 0 Å². The highest BCUT2D eigenvalue weighted by molar-refractivity contribution is 7.17. The van der Waals surface area contributed by atoms with Crippen molar-refractivity contribution in [3.05, 3.63) is 35.5 Å². The number of hydrogen-bond acceptors (Lipinski definition) is 1. The molecule has 49 valence electrons. The molecule has 2 aromatic rings. The van der Waals surface area contributed by atoms with E-state index in [9.17, 15) is 4.39 Å². The Kier molecular flexibility index (Phi) is 1.21. The average Bonchev–Trinajstić information content (AvgIpc) is 2.33. The van der Waals surface area contributed by atoms with Crippen LogP contribution in [0.4, 0.5) is 4.39 Å². The van der Waals surface area contributed by atoms with Crippen LogP contribution >= 0.6 is 11.3 Å². The van der Waals surface area contributed by atoms with Crippen LogP contribution < -0.4 is 0 Å². The molecule has 0 aliphatic heterocycles. The summed E-state index contributed by atoms with van der Waals surface area (Å²) in [5, 5.41) is 2.87. The van der Waals surface area contributed by atoms with Crippen LogP contribution in [0.15, 0.2) is 23.6 Å². The lowest BCUT2D eigenvalue weighted by atomic mass is 10.3. The summed E-state index contributed by atoms with van der Waals surface area (Å²) in [6.07, 6.45) is 0. The van der Waals surface area contributed by atoms with Crippen molar-refractivity contribution >= 4 is 21.4 Å². The third kappa shape index (κ3) is 0.809. The first-order chi connectivity index (χ1) is 4.86. The van der Waals surface area contributed by atoms with Gasteiger partial charge in [-0.05, 0) is 29.0 Å². The zero-order valence-electron chi connectivity index (χ0n) is 5.10. The largest absolute Gasteiger partial charge is 0.207 e. The van der Waals surface area contributed by atoms with Crippen LogP contribution in [0.2, 0.25) is 0 Å². The molecule has 1 heterocycles. The van der Waals surface area contributed by atoms with Gasteiger partial charge in [-0.2, -0.15) is 0 Å². The summed E-state index contributed by atoms with van der Waals surface area (Å²) in [6.45, 7) is 0. The first-order valence-electron chi connectivity index (χ1n) is 2.91. The van der Waals surface area contributed by atoms with Gasteiger partial charge in [0.2, 0.25) is 0 Å². The summed E-state index contributed by atoms with van der Waals surface area (Å²) in [4.78, 5) is 0. The minimum Gasteiger partial charge on any atom is -0.207 e. The lowest BCUT2D eigenvalue weighted by molar-refractivity contribution is 0.629. The van der Waals surface area contributed by atoms with Gasteiger partial charge in [-0.25, -0.2) is 4.39 Å². The Hall–Kier alpha value is -0.890. The lowest BCUT2D eigenvalue weighted by Crippen LogP contribution is -1.68. The smallest absolute Gasteiger partial charge is 0.124 e. The number of hydrogen-bond donors (Lipinski definition) is 0. The molecular formula is C8H4FS. The van der Waals surface area contributed by atoms with Gasteiger partial charge in [0.25, 0.3) is 0 Å². The zero-order valence-corrected chi connectivity index (χ0v) is 5.91. The molecule has 0 spiro atoms. The van der Waals surface area contributed by atoms with Gasteiger partial charge in [0, 0.05) is 10.8 Å². The Bertz CT molecular complexity index is 351. The Morgan fingerprint density at radius 1 is 1.50 bits per heavy atom. The quantitative estimate of drug-likeness (QED) is 0.543. The topological polar surface area (TPSA) is 0 Å². The SMILES string of the molecule is Fc1c[c]c2sccc2c1. The van der Waals surface area contributed by atoms with Gasteiger partial charge in [0.1, 0.15) is 5.82 Å². The molecular weight excluding hydrogens is 147 g/mol. The molecule has 0 N–H and O–H groups in total. The highest BCUT2D eigenvalue weighted by Crippen LogP contribution is 2.20. The first kappa shape index (κ1) is 5.86. The normalized spacial score (nSPS) is 10.5. The number of thiophene rings is 1. The monoisotopic (exact) mass is 151 g/mol. The van der Waals surface area contributed by atoms with Gasteiger partial charge in [-0.15, -0.1) is 11.3 Å². The maximum absolute atomic E-state index is 12.5. The molecule has 0 atom stereocenters. The van der Waals surface area contributed by atoms with Crippen molar-refractivity contribution < 1.29 is 4.39 Å². The minimum absolute atomic E-state index is 0.217. The summed E-state index contributed by atoms with van der Waals surface area (Å²) in [7, 11) is 0. The van der Waals surface area contributed by atoms with Gasteiger partial charge in [-0.3, -0.25) is 0 Å². The number of fused-ring (bicyclic) bond motifs is 1. The molecule has 0 saturated carbocycles. The molecule has 0 fully saturated rings. The molecule has 0 aliphatic rings. The van der Waals surface area contributed by atoms with Crippen LogP contribution in [0, 0.1) is 11.9 Å². The molecule has 0 nitrogen and oxygen atoms in total. The minimum atomic E-state index is -0.217. The van der Waals surface area contributed by atoms with E-state index in [2.05, 4.69) is 6.07 Å². The Morgan fingerprint density at radius 2 is 2.40 bits per heavy atom. The van der Waals surface area contributed by atoms with Crippen molar-refractivity contribution in [3.63, 3.8) is 0 Å². The van der Waals surface area contributed by atoms with Crippen LogP contribution in [0.1, 0.15) is 0 Å². The maximum atomic E-state index is 12.5. The third-order valence-corrected chi connectivity index (χ3v) is 2.19. The Balaban J connectivity index is 2.86. The fourth-order valence-electron chi connectivity index (χ4n) is 0.875. The molecule has 2 rings (SSSR count). The second-order valence-corrected chi connectivity index (χ2v) is 2.94. The van der Waals surface area contributed by atoms with Gasteiger partial charge in [-0.1, -0.05) is 0 Å². The number of benzene rings is 1. The average molecular weight is 151 g/mol. The van der Waals surface area contributed by atoms with Crippen molar-refractivity contribution in [2.24, 2.45) is 0 Å². The predicted octanol–water partition coefficient (Wildman–Crippen LogP) is 2.84. The van der Waals surface area contributed by atoms with E-state index in [-0.39, 0.29) is 5.82 Å². The lowest BCUT2D eigenvalue weighted by Gasteiger charge is -1.86. The molecule has 10 heavy (non-hydrogen) atoms. The molecule has 2 heteroatoms. The van der Waals surface area contributed by atoms with E-state index in [0.29, 0.717) is 0 Å². The van der Waals surface area contributed by atoms with Gasteiger partial charge in [0.05, 0.1) is 0 Å². The highest BCUT2D eigenvalue weighted by atomic mass is 32.1. The van der Waals surface area contributed by atoms with E-state index >= 15 is 0 Å². The van der Waals surface area contributed by atoms with E-state index in [1.54, 1.807) is 11.3 Å². The summed E-state index contributed by atoms with van der Waals surface area (Å²) in [6, 6.07) is 7.61. The van der Waals surface area contributed by atoms with E-state index in [1.807, 2.05) is 11.4 Å². The molecule has 0 bridgehead atoms. The van der Waals surface area contributed by atoms with Crippen LogP contribution in [-0.4, -0.2) is 0 Å². The van der Waals surface area contributed by atoms with Crippen LogP contribution in [0.5, 0.6) is 0 Å². The second-order valence-electron chi connectivity index (χ2n) is 2.02. The molecule has 0 unspecified atom stereocenters. The summed E-state index contributed by atoms with van der Waals surface area (Å²) >= 11 is 1.57. The van der Waals surface area contributed by atoms with E-state index in [4.69, 9.17) is 0 Å². The standard InChI is InChI=1S/C8H4FS/c9-7-1-2-8-6(5-7)3-4-10-8/h1,3-5H. The van der Waals surface area contributed by atoms with Crippen molar-refractivity contribution in [3.8, 4) is 0 Å². The first-order valence-corrected chi connectivity index (χ1v) is 3.79. The van der Waals surface area contributed by atoms with Crippen LogP contribution in [0.3, 0.4) is 0 Å². The van der Waals surface area contributed by atoms with Crippen molar-refractivity contribution in [2.75, 3.05) is 0 Å². The molecule has 0 amide bonds. The van der Waals surface area contributed by atoms with E-state index in [1.165, 1.54) is 12.1 Å². The van der Waals surface area contributed by atoms with Crippen molar-refractivity contribution in [1.29, 1.82) is 0 Å². The molecule has 1 aromatic carbocycles. The molecule has 1 aromatic heterocycles. The van der Waals surface area contributed by atoms with Crippen molar-refractivity contribution in [2.45, 2.75) is 0 Å². The third-order valence-electron chi connectivity index (χ3n) is 1.33. The molecule has 1 radical (unpaired) electrons. The van der Waals surface area contributed by atoms with E-state index < -0.39 is 0 Å². The fourth-order valence-corrected chi connectivity index (χ4v) is 1.62. The molecule has 0 saturated heterocycles. The van der Waals surface area contributed by atoms with Crippen molar-refractivity contribution in [1.82, 2.24) is 0 Å². The Labute approximate surface area is 61.9 Å². The summed E-state index contributed by atoms with van der Waals surface area (Å²) in [5.74, 6) is -0.217. The summed E-state index contributed by atoms with van der Waals surface area (Å²) < 4.78 is 13.5. The fraction of sp³-hybridized carbons (Fsp3) is 0. The van der Waals surface area contributed by atoms with Crippen LogP contribution in [0.25, 0.3) is 10.1 Å². The van der Waals surface area contributed by atoms with E-state index in [0.717, 1.165) is 10.1 Å². The second kappa shape index (κ2) is 2.06. The Morgan fingerprint density at radius 3 is 3.30 bits per heavy atom. The molecule has 0 aliphatic carbocycles. The van der Waals surface area contributed by atoms with Gasteiger partial charge in [0.15, 0.2) is 0 Å². The highest BCUT2D eigenvalue weighted by Gasteiger charge is 1.94.